The summed E-state index contributed by atoms with van der Waals surface area (Å²) < 4.78 is 1.61. The van der Waals surface area contributed by atoms with Gasteiger partial charge in [-0.3, -0.25) is 0 Å². The minimum absolute atomic E-state index is 0.00198. The zero-order chi connectivity index (χ0) is 15.7. The highest BCUT2D eigenvalue weighted by Gasteiger charge is 2.13. The lowest BCUT2D eigenvalue weighted by molar-refractivity contribution is 0.281. The number of aromatic nitrogens is 3. The fraction of sp³-hybridized carbons (Fsp3) is 0.200. The smallest absolute Gasteiger partial charge is 0.150 e. The van der Waals surface area contributed by atoms with E-state index < -0.39 is 0 Å². The topological polar surface area (TPSA) is 62.5 Å². The first-order valence-electron chi connectivity index (χ1n) is 6.86. The summed E-state index contributed by atoms with van der Waals surface area (Å²) in [7, 11) is 5.94. The summed E-state index contributed by atoms with van der Waals surface area (Å²) in [5.74, 6) is 0.693. The van der Waals surface area contributed by atoms with E-state index in [1.54, 1.807) is 10.7 Å². The molecular weight excluding hydrogens is 298 g/mol. The summed E-state index contributed by atoms with van der Waals surface area (Å²) in [5.41, 5.74) is 2.53. The molecule has 2 heterocycles. The second kappa shape index (κ2) is 5.98. The molecule has 0 saturated heterocycles. The number of aliphatic hydroxyl groups excluding tert-OH is 1. The molecule has 0 aliphatic rings. The molecule has 0 saturated carbocycles. The molecule has 2 radical (unpaired) electrons. The minimum atomic E-state index is -0.130. The van der Waals surface area contributed by atoms with Crippen molar-refractivity contribution in [1.82, 2.24) is 14.6 Å². The van der Waals surface area contributed by atoms with E-state index in [1.807, 2.05) is 37.3 Å². The van der Waals surface area contributed by atoms with Crippen molar-refractivity contribution < 1.29 is 5.11 Å². The van der Waals surface area contributed by atoms with Crippen LogP contribution < -0.4 is 10.8 Å². The quantitative estimate of drug-likeness (QED) is 0.719. The van der Waals surface area contributed by atoms with Gasteiger partial charge in [-0.2, -0.15) is 9.61 Å². The summed E-state index contributed by atoms with van der Waals surface area (Å²) >= 11 is 6.25. The first-order valence-corrected chi connectivity index (χ1v) is 7.24. The van der Waals surface area contributed by atoms with E-state index in [4.69, 9.17) is 19.4 Å². The molecule has 0 amide bonds. The largest absolute Gasteiger partial charge is 0.394 e. The van der Waals surface area contributed by atoms with Crippen molar-refractivity contribution in [1.29, 1.82) is 0 Å². The third-order valence-corrected chi connectivity index (χ3v) is 3.65. The average molecular weight is 313 g/mol. The lowest BCUT2D eigenvalue weighted by atomic mass is 10.0. The molecule has 0 bridgehead atoms. The Balaban J connectivity index is 2.19. The molecule has 0 spiro atoms. The van der Waals surface area contributed by atoms with Crippen molar-refractivity contribution in [2.45, 2.75) is 13.0 Å². The zero-order valence-electron chi connectivity index (χ0n) is 12.0. The van der Waals surface area contributed by atoms with Gasteiger partial charge in [0.05, 0.1) is 12.3 Å². The number of nitrogens with one attached hydrogen (secondary N) is 1. The van der Waals surface area contributed by atoms with Gasteiger partial charge < -0.3 is 10.4 Å². The van der Waals surface area contributed by atoms with Crippen LogP contribution in [0.5, 0.6) is 0 Å². The second-order valence-electron chi connectivity index (χ2n) is 5.07. The van der Waals surface area contributed by atoms with Gasteiger partial charge in [-0.05, 0) is 18.5 Å². The first-order chi connectivity index (χ1) is 10.6. The molecule has 0 aliphatic carbocycles. The van der Waals surface area contributed by atoms with Gasteiger partial charge in [-0.1, -0.05) is 29.8 Å². The number of halogens is 1. The molecule has 7 heteroatoms. The van der Waals surface area contributed by atoms with Crippen LogP contribution in [0.1, 0.15) is 6.92 Å². The highest BCUT2D eigenvalue weighted by molar-refractivity contribution is 6.36. The normalized spacial score (nSPS) is 12.5. The van der Waals surface area contributed by atoms with E-state index in [9.17, 15) is 5.11 Å². The Hall–Kier alpha value is -2.05. The van der Waals surface area contributed by atoms with Crippen molar-refractivity contribution >= 4 is 36.4 Å². The summed E-state index contributed by atoms with van der Waals surface area (Å²) in [6.45, 7) is 1.87. The molecule has 0 aliphatic heterocycles. The number of aliphatic hydroxyl groups is 1. The molecule has 5 nitrogen and oxygen atoms in total. The van der Waals surface area contributed by atoms with Crippen molar-refractivity contribution in [3.63, 3.8) is 0 Å². The standard InChI is InChI=1S/C15H14BClN4O/c1-9(8-22)19-14-6-13(10-4-2-3-5-12(10)17)20-15-11(16)7-18-21(14)15/h2-7,9,19,22H,8H2,1H3. The number of anilines is 1. The van der Waals surface area contributed by atoms with Crippen LogP contribution in [0.2, 0.25) is 5.02 Å². The Kier molecular flexibility index (Phi) is 4.05. The lowest BCUT2D eigenvalue weighted by Crippen LogP contribution is -2.21. The molecule has 3 rings (SSSR count). The molecule has 2 N–H and O–H groups in total. The highest BCUT2D eigenvalue weighted by Crippen LogP contribution is 2.28. The summed E-state index contributed by atoms with van der Waals surface area (Å²) in [6.07, 6.45) is 1.55. The average Bonchev–Trinajstić information content (AvgIpc) is 2.89. The van der Waals surface area contributed by atoms with Gasteiger partial charge in [0.25, 0.3) is 0 Å². The SMILES string of the molecule is [B]c1cnn2c(NC(C)CO)cc(-c3ccccc3Cl)nc12. The minimum Gasteiger partial charge on any atom is -0.394 e. The van der Waals surface area contributed by atoms with Crippen LogP contribution in [0, 0.1) is 0 Å². The Morgan fingerprint density at radius 3 is 2.91 bits per heavy atom. The van der Waals surface area contributed by atoms with E-state index >= 15 is 0 Å². The number of hydrogen-bond donors (Lipinski definition) is 2. The van der Waals surface area contributed by atoms with E-state index in [2.05, 4.69) is 15.4 Å². The van der Waals surface area contributed by atoms with Crippen molar-refractivity contribution in [2.75, 3.05) is 11.9 Å². The number of fused-ring (bicyclic) bond motifs is 1. The molecule has 1 aromatic carbocycles. The highest BCUT2D eigenvalue weighted by atomic mass is 35.5. The van der Waals surface area contributed by atoms with Crippen LogP contribution in [-0.2, 0) is 0 Å². The molecule has 110 valence electrons. The first kappa shape index (κ1) is 14.9. The van der Waals surface area contributed by atoms with Crippen LogP contribution in [-0.4, -0.2) is 40.2 Å². The van der Waals surface area contributed by atoms with Gasteiger partial charge in [-0.25, -0.2) is 4.98 Å². The second-order valence-corrected chi connectivity index (χ2v) is 5.48. The predicted molar refractivity (Wildman–Crippen MR) is 89.0 cm³/mol. The van der Waals surface area contributed by atoms with Crippen molar-refractivity contribution in [3.8, 4) is 11.3 Å². The Labute approximate surface area is 134 Å². The van der Waals surface area contributed by atoms with E-state index in [0.717, 1.165) is 5.56 Å². The Bertz CT molecular complexity index is 820. The third kappa shape index (κ3) is 2.67. The number of nitrogens with zero attached hydrogens (tertiary/aromatic N) is 3. The van der Waals surface area contributed by atoms with Crippen LogP contribution in [0.4, 0.5) is 5.82 Å². The lowest BCUT2D eigenvalue weighted by Gasteiger charge is -2.15. The molecule has 1 atom stereocenters. The maximum atomic E-state index is 9.25. The van der Waals surface area contributed by atoms with Crippen LogP contribution in [0.15, 0.2) is 36.5 Å². The maximum absolute atomic E-state index is 9.25. The van der Waals surface area contributed by atoms with Gasteiger partial charge in [0.15, 0.2) is 5.65 Å². The fourth-order valence-electron chi connectivity index (χ4n) is 2.19. The number of rotatable bonds is 4. The summed E-state index contributed by atoms with van der Waals surface area (Å²) in [6, 6.07) is 9.18. The van der Waals surface area contributed by atoms with Gasteiger partial charge >= 0.3 is 0 Å². The van der Waals surface area contributed by atoms with E-state index in [1.165, 1.54) is 0 Å². The van der Waals surface area contributed by atoms with Gasteiger partial charge in [-0.15, -0.1) is 0 Å². The third-order valence-electron chi connectivity index (χ3n) is 3.32. The van der Waals surface area contributed by atoms with E-state index in [0.29, 0.717) is 27.6 Å². The maximum Gasteiger partial charge on any atom is 0.150 e. The molecular formula is C15H14BClN4O. The monoisotopic (exact) mass is 312 g/mol. The van der Waals surface area contributed by atoms with Crippen LogP contribution in [0.3, 0.4) is 0 Å². The van der Waals surface area contributed by atoms with Gasteiger partial charge in [0, 0.05) is 28.9 Å². The zero-order valence-corrected chi connectivity index (χ0v) is 12.7. The molecule has 2 aromatic heterocycles. The Morgan fingerprint density at radius 2 is 2.18 bits per heavy atom. The number of benzene rings is 1. The van der Waals surface area contributed by atoms with Crippen molar-refractivity contribution in [2.24, 2.45) is 0 Å². The van der Waals surface area contributed by atoms with Gasteiger partial charge in [0.2, 0.25) is 0 Å². The summed E-state index contributed by atoms with van der Waals surface area (Å²) in [5, 5.41) is 17.3. The molecule has 3 aromatic rings. The summed E-state index contributed by atoms with van der Waals surface area (Å²) in [4.78, 5) is 4.55. The molecule has 1 unspecified atom stereocenters. The van der Waals surface area contributed by atoms with E-state index in [-0.39, 0.29) is 12.6 Å². The van der Waals surface area contributed by atoms with Gasteiger partial charge in [0.1, 0.15) is 13.7 Å². The predicted octanol–water partition coefficient (Wildman–Crippen LogP) is 1.64. The molecule has 0 fully saturated rings. The van der Waals surface area contributed by atoms with Crippen molar-refractivity contribution in [3.05, 3.63) is 41.6 Å². The fourth-order valence-corrected chi connectivity index (χ4v) is 2.42. The molecule has 22 heavy (non-hydrogen) atoms. The van der Waals surface area contributed by atoms with Crippen LogP contribution >= 0.6 is 11.6 Å². The number of hydrogen-bond acceptors (Lipinski definition) is 4. The Morgan fingerprint density at radius 1 is 1.41 bits per heavy atom. The van der Waals surface area contributed by atoms with Crippen LogP contribution in [0.25, 0.3) is 16.9 Å².